The number of hydrogen-bond donors (Lipinski definition) is 0. The summed E-state index contributed by atoms with van der Waals surface area (Å²) < 4.78 is 12.1. The lowest BCUT2D eigenvalue weighted by atomic mass is 9.74. The Hall–Kier alpha value is -1.13. The largest absolute Gasteiger partial charge is 0.494 e. The van der Waals surface area contributed by atoms with Crippen molar-refractivity contribution in [1.29, 1.82) is 0 Å². The molecule has 18 heavy (non-hydrogen) atoms. The first-order chi connectivity index (χ1) is 8.39. The number of fused-ring (bicyclic) bond motifs is 1. The summed E-state index contributed by atoms with van der Waals surface area (Å²) in [7, 11) is -0.284. The van der Waals surface area contributed by atoms with E-state index < -0.39 is 0 Å². The molecule has 94 valence electrons. The van der Waals surface area contributed by atoms with Gasteiger partial charge in [0.2, 0.25) is 0 Å². The van der Waals surface area contributed by atoms with Gasteiger partial charge in [-0.3, -0.25) is 4.99 Å². The zero-order valence-electron chi connectivity index (χ0n) is 11.3. The normalized spacial score (nSPS) is 31.3. The lowest BCUT2D eigenvalue weighted by molar-refractivity contribution is 0.00578. The molecule has 0 bridgehead atoms. The van der Waals surface area contributed by atoms with Crippen molar-refractivity contribution in [2.75, 3.05) is 0 Å². The molecule has 1 atom stereocenters. The number of nitrogens with zero attached hydrogens (tertiary/aromatic N) is 1. The van der Waals surface area contributed by atoms with E-state index in [0.29, 0.717) is 0 Å². The summed E-state index contributed by atoms with van der Waals surface area (Å²) >= 11 is 0. The van der Waals surface area contributed by atoms with Crippen LogP contribution >= 0.6 is 0 Å². The zero-order valence-corrected chi connectivity index (χ0v) is 11.3. The van der Waals surface area contributed by atoms with Crippen LogP contribution < -0.4 is 0 Å². The molecule has 1 saturated heterocycles. The number of aliphatic imine (C=N–C) groups is 1. The SMILES string of the molecule is CC1(C)OB(C2=CC3=CC=N[C@@H]3C=C2)OC1(C)C. The predicted octanol–water partition coefficient (Wildman–Crippen LogP) is 2.49. The molecule has 0 N–H and O–H groups in total. The van der Waals surface area contributed by atoms with Gasteiger partial charge < -0.3 is 9.31 Å². The van der Waals surface area contributed by atoms with Gasteiger partial charge in [0.25, 0.3) is 0 Å². The molecule has 0 spiro atoms. The maximum Gasteiger partial charge on any atom is 0.494 e. The maximum absolute atomic E-state index is 6.04. The van der Waals surface area contributed by atoms with E-state index in [9.17, 15) is 0 Å². The Morgan fingerprint density at radius 3 is 2.50 bits per heavy atom. The molecule has 3 nitrogen and oxygen atoms in total. The topological polar surface area (TPSA) is 30.8 Å². The summed E-state index contributed by atoms with van der Waals surface area (Å²) in [5.41, 5.74) is 1.71. The van der Waals surface area contributed by atoms with Gasteiger partial charge in [-0.05, 0) is 44.8 Å². The molecule has 0 unspecified atom stereocenters. The van der Waals surface area contributed by atoms with E-state index in [1.165, 1.54) is 5.57 Å². The fourth-order valence-electron chi connectivity index (χ4n) is 2.27. The van der Waals surface area contributed by atoms with Gasteiger partial charge in [-0.1, -0.05) is 18.2 Å². The lowest BCUT2D eigenvalue weighted by Crippen LogP contribution is -2.41. The van der Waals surface area contributed by atoms with Crippen molar-refractivity contribution < 1.29 is 9.31 Å². The van der Waals surface area contributed by atoms with Gasteiger partial charge in [-0.25, -0.2) is 0 Å². The second-order valence-corrected chi connectivity index (χ2v) is 6.00. The standard InChI is InChI=1S/C14H18BNO2/c1-13(2)14(3,4)18-15(17-13)11-5-6-12-10(9-11)7-8-16-12/h5-9,12H,1-4H3/t12-/m1/s1. The van der Waals surface area contributed by atoms with E-state index in [1.807, 2.05) is 12.3 Å². The van der Waals surface area contributed by atoms with Gasteiger partial charge >= 0.3 is 7.12 Å². The number of allylic oxidation sites excluding steroid dienone is 3. The molecular formula is C14H18BNO2. The monoisotopic (exact) mass is 243 g/mol. The molecule has 1 fully saturated rings. The second-order valence-electron chi connectivity index (χ2n) is 6.00. The highest BCUT2D eigenvalue weighted by atomic mass is 16.7. The highest BCUT2D eigenvalue weighted by Crippen LogP contribution is 2.39. The molecule has 0 amide bonds. The zero-order chi connectivity index (χ0) is 13.0. The molecule has 3 rings (SSSR count). The van der Waals surface area contributed by atoms with Crippen LogP contribution in [0.4, 0.5) is 0 Å². The fourth-order valence-corrected chi connectivity index (χ4v) is 2.27. The Bertz CT molecular complexity index is 484. The predicted molar refractivity (Wildman–Crippen MR) is 73.7 cm³/mol. The van der Waals surface area contributed by atoms with Crippen LogP contribution in [-0.2, 0) is 9.31 Å². The van der Waals surface area contributed by atoms with Crippen molar-refractivity contribution in [2.24, 2.45) is 4.99 Å². The number of rotatable bonds is 1. The molecule has 0 radical (unpaired) electrons. The molecule has 0 aromatic heterocycles. The van der Waals surface area contributed by atoms with Crippen molar-refractivity contribution in [3.63, 3.8) is 0 Å². The molecule has 2 aliphatic heterocycles. The smallest absolute Gasteiger partial charge is 0.399 e. The van der Waals surface area contributed by atoms with Gasteiger partial charge in [0.15, 0.2) is 0 Å². The molecule has 4 heteroatoms. The van der Waals surface area contributed by atoms with E-state index in [0.717, 1.165) is 5.47 Å². The summed E-state index contributed by atoms with van der Waals surface area (Å²) in [5, 5.41) is 0. The van der Waals surface area contributed by atoms with Crippen LogP contribution in [0.15, 0.2) is 40.3 Å². The van der Waals surface area contributed by atoms with Crippen LogP contribution in [0.25, 0.3) is 0 Å². The first-order valence-corrected chi connectivity index (χ1v) is 6.38. The average Bonchev–Trinajstić information content (AvgIpc) is 2.80. The van der Waals surface area contributed by atoms with Crippen LogP contribution in [0.2, 0.25) is 0 Å². The highest BCUT2D eigenvalue weighted by Gasteiger charge is 2.52. The third-order valence-electron chi connectivity index (χ3n) is 4.18. The Morgan fingerprint density at radius 2 is 1.83 bits per heavy atom. The van der Waals surface area contributed by atoms with Crippen LogP contribution in [0.5, 0.6) is 0 Å². The van der Waals surface area contributed by atoms with Gasteiger partial charge in [-0.2, -0.15) is 0 Å². The minimum absolute atomic E-state index is 0.191. The van der Waals surface area contributed by atoms with Crippen molar-refractivity contribution in [2.45, 2.75) is 44.9 Å². The second kappa shape index (κ2) is 3.68. The van der Waals surface area contributed by atoms with Gasteiger partial charge in [0.1, 0.15) is 0 Å². The molecule has 1 aliphatic carbocycles. The average molecular weight is 243 g/mol. The molecule has 0 aromatic carbocycles. The Kier molecular flexibility index (Phi) is 2.44. The summed E-state index contributed by atoms with van der Waals surface area (Å²) in [4.78, 5) is 4.35. The van der Waals surface area contributed by atoms with E-state index >= 15 is 0 Å². The van der Waals surface area contributed by atoms with Crippen LogP contribution in [0.3, 0.4) is 0 Å². The Balaban J connectivity index is 1.85. The Morgan fingerprint density at radius 1 is 1.17 bits per heavy atom. The van der Waals surface area contributed by atoms with Gasteiger partial charge in [0.05, 0.1) is 17.2 Å². The van der Waals surface area contributed by atoms with Gasteiger partial charge in [0, 0.05) is 6.21 Å². The van der Waals surface area contributed by atoms with E-state index in [1.54, 1.807) is 0 Å². The van der Waals surface area contributed by atoms with E-state index in [4.69, 9.17) is 9.31 Å². The fraction of sp³-hybridized carbons (Fsp3) is 0.500. The van der Waals surface area contributed by atoms with Crippen molar-refractivity contribution in [3.05, 3.63) is 35.3 Å². The molecule has 0 saturated carbocycles. The molecule has 0 aromatic rings. The van der Waals surface area contributed by atoms with E-state index in [-0.39, 0.29) is 24.4 Å². The van der Waals surface area contributed by atoms with Crippen LogP contribution in [0, 0.1) is 0 Å². The first-order valence-electron chi connectivity index (χ1n) is 6.38. The highest BCUT2D eigenvalue weighted by molar-refractivity contribution is 6.55. The van der Waals surface area contributed by atoms with Crippen molar-refractivity contribution in [1.82, 2.24) is 0 Å². The minimum atomic E-state index is -0.288. The summed E-state index contributed by atoms with van der Waals surface area (Å²) in [6, 6.07) is 0.191. The Labute approximate surface area is 108 Å². The van der Waals surface area contributed by atoms with Crippen LogP contribution in [0.1, 0.15) is 27.7 Å². The third kappa shape index (κ3) is 1.71. The maximum atomic E-state index is 6.04. The lowest BCUT2D eigenvalue weighted by Gasteiger charge is -2.32. The quantitative estimate of drug-likeness (QED) is 0.662. The van der Waals surface area contributed by atoms with E-state index in [2.05, 4.69) is 50.9 Å². The molecule has 3 aliphatic rings. The first kappa shape index (κ1) is 11.9. The van der Waals surface area contributed by atoms with Crippen LogP contribution in [-0.4, -0.2) is 30.6 Å². The third-order valence-corrected chi connectivity index (χ3v) is 4.18. The molecule has 2 heterocycles. The molecular weight excluding hydrogens is 225 g/mol. The van der Waals surface area contributed by atoms with Gasteiger partial charge in [-0.15, -0.1) is 0 Å². The van der Waals surface area contributed by atoms with Crippen molar-refractivity contribution >= 4 is 13.3 Å². The summed E-state index contributed by atoms with van der Waals surface area (Å²) in [6.45, 7) is 8.28. The number of hydrogen-bond acceptors (Lipinski definition) is 3. The van der Waals surface area contributed by atoms with Crippen molar-refractivity contribution in [3.8, 4) is 0 Å². The summed E-state index contributed by atoms with van der Waals surface area (Å²) in [6.07, 6.45) is 10.2. The summed E-state index contributed by atoms with van der Waals surface area (Å²) in [5.74, 6) is 0. The minimum Gasteiger partial charge on any atom is -0.399 e.